The van der Waals surface area contributed by atoms with Gasteiger partial charge in [-0.3, -0.25) is 9.78 Å². The molecule has 0 aliphatic carbocycles. The van der Waals surface area contributed by atoms with Crippen molar-refractivity contribution in [2.24, 2.45) is 0 Å². The predicted octanol–water partition coefficient (Wildman–Crippen LogP) is 4.19. The van der Waals surface area contributed by atoms with Crippen molar-refractivity contribution in [2.75, 3.05) is 6.54 Å². The zero-order valence-corrected chi connectivity index (χ0v) is 16.6. The lowest BCUT2D eigenvalue weighted by atomic mass is 10.1. The van der Waals surface area contributed by atoms with Crippen LogP contribution in [-0.4, -0.2) is 31.9 Å². The molecule has 1 amide bonds. The SMILES string of the molecule is Cc1cnc(C2CCCN2C(=O)Cc2ccccc2Cl)n1Cc1cccnc1. The summed E-state index contributed by atoms with van der Waals surface area (Å²) in [6, 6.07) is 11.5. The van der Waals surface area contributed by atoms with Crippen LogP contribution in [0.25, 0.3) is 0 Å². The van der Waals surface area contributed by atoms with Crippen LogP contribution in [0.5, 0.6) is 0 Å². The maximum Gasteiger partial charge on any atom is 0.227 e. The number of amides is 1. The summed E-state index contributed by atoms with van der Waals surface area (Å²) in [5.74, 6) is 1.05. The number of nitrogens with zero attached hydrogens (tertiary/aromatic N) is 4. The van der Waals surface area contributed by atoms with E-state index in [-0.39, 0.29) is 11.9 Å². The minimum Gasteiger partial charge on any atom is -0.332 e. The van der Waals surface area contributed by atoms with Gasteiger partial charge in [-0.2, -0.15) is 0 Å². The van der Waals surface area contributed by atoms with E-state index in [1.165, 1.54) is 0 Å². The molecular formula is C22H23ClN4O. The molecule has 1 saturated heterocycles. The third kappa shape index (κ3) is 3.80. The first-order valence-electron chi connectivity index (χ1n) is 9.57. The zero-order chi connectivity index (χ0) is 19.5. The lowest BCUT2D eigenvalue weighted by molar-refractivity contribution is -0.131. The maximum atomic E-state index is 13.0. The highest BCUT2D eigenvalue weighted by Gasteiger charge is 2.33. The number of carbonyl (C=O) groups is 1. The van der Waals surface area contributed by atoms with Gasteiger partial charge in [-0.15, -0.1) is 0 Å². The van der Waals surface area contributed by atoms with Gasteiger partial charge in [0, 0.05) is 35.9 Å². The first-order valence-corrected chi connectivity index (χ1v) is 9.95. The van der Waals surface area contributed by atoms with Crippen molar-refractivity contribution in [1.82, 2.24) is 19.4 Å². The van der Waals surface area contributed by atoms with Crippen LogP contribution in [0.4, 0.5) is 0 Å². The molecule has 0 saturated carbocycles. The standard InChI is InChI=1S/C22H23ClN4O/c1-16-13-25-22(27(16)15-17-6-4-10-24-14-17)20-9-5-11-26(20)21(28)12-18-7-2-3-8-19(18)23/h2-4,6-8,10,13-14,20H,5,9,11-12,15H2,1H3. The second-order valence-electron chi connectivity index (χ2n) is 7.22. The summed E-state index contributed by atoms with van der Waals surface area (Å²) in [6.45, 7) is 3.52. The first-order chi connectivity index (χ1) is 13.6. The molecule has 4 rings (SSSR count). The van der Waals surface area contributed by atoms with Crippen molar-refractivity contribution in [3.05, 3.63) is 82.7 Å². The number of rotatable bonds is 5. The topological polar surface area (TPSA) is 51.0 Å². The lowest BCUT2D eigenvalue weighted by Crippen LogP contribution is -2.33. The quantitative estimate of drug-likeness (QED) is 0.651. The molecule has 1 aliphatic rings. The Morgan fingerprint density at radius 2 is 2.07 bits per heavy atom. The fraction of sp³-hybridized carbons (Fsp3) is 0.318. The van der Waals surface area contributed by atoms with E-state index in [4.69, 9.17) is 11.6 Å². The van der Waals surface area contributed by atoms with Gasteiger partial charge in [0.15, 0.2) is 0 Å². The fourth-order valence-corrected chi connectivity index (χ4v) is 4.07. The number of carbonyl (C=O) groups excluding carboxylic acids is 1. The second-order valence-corrected chi connectivity index (χ2v) is 7.63. The van der Waals surface area contributed by atoms with Crippen LogP contribution < -0.4 is 0 Å². The number of aryl methyl sites for hydroxylation is 1. The smallest absolute Gasteiger partial charge is 0.227 e. The molecule has 3 aromatic rings. The monoisotopic (exact) mass is 394 g/mol. The Balaban J connectivity index is 1.57. The molecule has 0 bridgehead atoms. The summed E-state index contributed by atoms with van der Waals surface area (Å²) in [6.07, 6.45) is 7.77. The van der Waals surface area contributed by atoms with Crippen molar-refractivity contribution in [1.29, 1.82) is 0 Å². The van der Waals surface area contributed by atoms with Crippen LogP contribution in [-0.2, 0) is 17.8 Å². The first kappa shape index (κ1) is 18.7. The third-order valence-electron chi connectivity index (χ3n) is 5.32. The lowest BCUT2D eigenvalue weighted by Gasteiger charge is -2.25. The molecule has 1 unspecified atom stereocenters. The molecule has 5 nitrogen and oxygen atoms in total. The molecule has 144 valence electrons. The minimum absolute atomic E-state index is 0.000333. The van der Waals surface area contributed by atoms with Crippen LogP contribution in [0.2, 0.25) is 5.02 Å². The molecule has 0 spiro atoms. The van der Waals surface area contributed by atoms with Crippen molar-refractivity contribution in [2.45, 2.75) is 38.8 Å². The minimum atomic E-state index is 0.000333. The summed E-state index contributed by atoms with van der Waals surface area (Å²) in [7, 11) is 0. The second kappa shape index (κ2) is 8.15. The van der Waals surface area contributed by atoms with Crippen molar-refractivity contribution >= 4 is 17.5 Å². The number of hydrogen-bond donors (Lipinski definition) is 0. The number of hydrogen-bond acceptors (Lipinski definition) is 3. The fourth-order valence-electron chi connectivity index (χ4n) is 3.87. The van der Waals surface area contributed by atoms with E-state index in [1.807, 2.05) is 47.6 Å². The molecule has 0 N–H and O–H groups in total. The van der Waals surface area contributed by atoms with Crippen molar-refractivity contribution in [3.63, 3.8) is 0 Å². The van der Waals surface area contributed by atoms with Gasteiger partial charge in [-0.25, -0.2) is 4.98 Å². The van der Waals surface area contributed by atoms with Crippen molar-refractivity contribution in [3.8, 4) is 0 Å². The Hall–Kier alpha value is -2.66. The Kier molecular flexibility index (Phi) is 5.44. The molecule has 28 heavy (non-hydrogen) atoms. The van der Waals surface area contributed by atoms with Crippen LogP contribution in [0, 0.1) is 6.92 Å². The molecule has 0 radical (unpaired) electrons. The molecule has 1 atom stereocenters. The third-order valence-corrected chi connectivity index (χ3v) is 5.69. The highest BCUT2D eigenvalue weighted by molar-refractivity contribution is 6.31. The average Bonchev–Trinajstić information content (AvgIpc) is 3.32. The Morgan fingerprint density at radius 3 is 2.86 bits per heavy atom. The van der Waals surface area contributed by atoms with Gasteiger partial charge in [0.25, 0.3) is 0 Å². The number of likely N-dealkylation sites (tertiary alicyclic amines) is 1. The molecule has 1 aliphatic heterocycles. The van der Waals surface area contributed by atoms with Gasteiger partial charge < -0.3 is 9.47 Å². The Bertz CT molecular complexity index is 970. The maximum absolute atomic E-state index is 13.0. The molecule has 1 aromatic carbocycles. The highest BCUT2D eigenvalue weighted by atomic mass is 35.5. The van der Waals surface area contributed by atoms with Crippen LogP contribution >= 0.6 is 11.6 Å². The normalized spacial score (nSPS) is 16.5. The van der Waals surface area contributed by atoms with Crippen LogP contribution in [0.3, 0.4) is 0 Å². The summed E-state index contributed by atoms with van der Waals surface area (Å²) in [5.41, 5.74) is 3.08. The summed E-state index contributed by atoms with van der Waals surface area (Å²) < 4.78 is 2.20. The van der Waals surface area contributed by atoms with E-state index in [9.17, 15) is 4.79 Å². The molecule has 3 heterocycles. The summed E-state index contributed by atoms with van der Waals surface area (Å²) >= 11 is 6.25. The Morgan fingerprint density at radius 1 is 1.21 bits per heavy atom. The van der Waals surface area contributed by atoms with Gasteiger partial charge in [0.2, 0.25) is 5.91 Å². The van der Waals surface area contributed by atoms with Crippen molar-refractivity contribution < 1.29 is 4.79 Å². The van der Waals surface area contributed by atoms with E-state index in [2.05, 4.69) is 27.5 Å². The van der Waals surface area contributed by atoms with E-state index >= 15 is 0 Å². The molecular weight excluding hydrogens is 372 g/mol. The number of halogens is 1. The summed E-state index contributed by atoms with van der Waals surface area (Å²) in [5, 5.41) is 0.639. The summed E-state index contributed by atoms with van der Waals surface area (Å²) in [4.78, 5) is 23.9. The van der Waals surface area contributed by atoms with E-state index in [0.717, 1.165) is 42.0 Å². The van der Waals surface area contributed by atoms with Gasteiger partial charge in [-0.1, -0.05) is 35.9 Å². The molecule has 1 fully saturated rings. The van der Waals surface area contributed by atoms with Crippen LogP contribution in [0.15, 0.2) is 55.0 Å². The van der Waals surface area contributed by atoms with Gasteiger partial charge in [0.05, 0.1) is 19.0 Å². The van der Waals surface area contributed by atoms with E-state index in [1.54, 1.807) is 6.20 Å². The Labute approximate surface area is 170 Å². The number of aromatic nitrogens is 3. The largest absolute Gasteiger partial charge is 0.332 e. The van der Waals surface area contributed by atoms with E-state index < -0.39 is 0 Å². The van der Waals surface area contributed by atoms with Crippen LogP contribution in [0.1, 0.15) is 41.5 Å². The van der Waals surface area contributed by atoms with E-state index in [0.29, 0.717) is 18.0 Å². The zero-order valence-electron chi connectivity index (χ0n) is 15.9. The number of pyridine rings is 1. The van der Waals surface area contributed by atoms with Gasteiger partial charge in [-0.05, 0) is 43.0 Å². The predicted molar refractivity (Wildman–Crippen MR) is 109 cm³/mol. The van der Waals surface area contributed by atoms with Gasteiger partial charge >= 0.3 is 0 Å². The number of benzene rings is 1. The number of imidazole rings is 1. The molecule has 2 aromatic heterocycles. The molecule has 6 heteroatoms. The average molecular weight is 395 g/mol. The van der Waals surface area contributed by atoms with Gasteiger partial charge in [0.1, 0.15) is 5.82 Å². The highest BCUT2D eigenvalue weighted by Crippen LogP contribution is 2.33.